The van der Waals surface area contributed by atoms with Crippen molar-refractivity contribution in [2.75, 3.05) is 0 Å². The molecule has 1 N–H and O–H groups in total. The fourth-order valence-electron chi connectivity index (χ4n) is 1.20. The largest absolute Gasteiger partial charge is 0.478 e. The van der Waals surface area contributed by atoms with Crippen LogP contribution in [-0.2, 0) is 4.79 Å². The number of hydrogen-bond acceptors (Lipinski definition) is 1. The predicted octanol–water partition coefficient (Wildman–Crippen LogP) is 3.12. The van der Waals surface area contributed by atoms with Crippen LogP contribution >= 0.6 is 0 Å². The van der Waals surface area contributed by atoms with E-state index in [1.165, 1.54) is 0 Å². The molecule has 1 aromatic carbocycles. The highest BCUT2D eigenvalue weighted by atomic mass is 16.4. The van der Waals surface area contributed by atoms with Crippen molar-refractivity contribution < 1.29 is 9.90 Å². The zero-order chi connectivity index (χ0) is 11.1. The maximum atomic E-state index is 10.8. The molecule has 0 spiro atoms. The molecule has 0 saturated carbocycles. The van der Waals surface area contributed by atoms with Crippen molar-refractivity contribution in [2.24, 2.45) is 0 Å². The van der Waals surface area contributed by atoms with Crippen LogP contribution in [0.25, 0.3) is 6.08 Å². The van der Waals surface area contributed by atoms with Gasteiger partial charge in [-0.3, -0.25) is 0 Å². The quantitative estimate of drug-likeness (QED) is 0.601. The molecule has 0 saturated heterocycles. The van der Waals surface area contributed by atoms with Gasteiger partial charge in [-0.15, -0.1) is 0 Å². The fourth-order valence-corrected chi connectivity index (χ4v) is 1.20. The Morgan fingerprint density at radius 3 is 2.53 bits per heavy atom. The molecule has 0 amide bonds. The number of aliphatic carboxylic acids is 1. The van der Waals surface area contributed by atoms with E-state index in [4.69, 9.17) is 5.11 Å². The number of carboxylic acid groups (broad SMARTS) is 1. The molecule has 0 aromatic heterocycles. The van der Waals surface area contributed by atoms with Crippen LogP contribution in [0.4, 0.5) is 0 Å². The van der Waals surface area contributed by atoms with Gasteiger partial charge < -0.3 is 5.11 Å². The van der Waals surface area contributed by atoms with Crippen LogP contribution in [-0.4, -0.2) is 11.1 Å². The molecule has 0 unspecified atom stereocenters. The summed E-state index contributed by atoms with van der Waals surface area (Å²) >= 11 is 0. The van der Waals surface area contributed by atoms with Crippen LogP contribution in [0, 0.1) is 0 Å². The number of rotatable bonds is 4. The van der Waals surface area contributed by atoms with E-state index in [2.05, 4.69) is 0 Å². The lowest BCUT2D eigenvalue weighted by atomic mass is 10.1. The second kappa shape index (κ2) is 5.81. The first-order valence-electron chi connectivity index (χ1n) is 4.90. The van der Waals surface area contributed by atoms with Gasteiger partial charge in [0.1, 0.15) is 0 Å². The number of carbonyl (C=O) groups is 1. The summed E-state index contributed by atoms with van der Waals surface area (Å²) in [4.78, 5) is 10.8. The molecule has 2 nitrogen and oxygen atoms in total. The van der Waals surface area contributed by atoms with E-state index in [9.17, 15) is 4.79 Å². The molecule has 0 aliphatic carbocycles. The molecule has 15 heavy (non-hydrogen) atoms. The van der Waals surface area contributed by atoms with Crippen molar-refractivity contribution in [3.05, 3.63) is 53.6 Å². The smallest absolute Gasteiger partial charge is 0.335 e. The first-order chi connectivity index (χ1) is 7.24. The van der Waals surface area contributed by atoms with E-state index in [0.717, 1.165) is 12.0 Å². The van der Waals surface area contributed by atoms with E-state index >= 15 is 0 Å². The van der Waals surface area contributed by atoms with Crippen molar-refractivity contribution in [2.45, 2.75) is 13.3 Å². The van der Waals surface area contributed by atoms with Crippen LogP contribution in [0.2, 0.25) is 0 Å². The van der Waals surface area contributed by atoms with E-state index in [0.29, 0.717) is 5.57 Å². The Hall–Kier alpha value is -1.83. The lowest BCUT2D eigenvalue weighted by molar-refractivity contribution is -0.132. The van der Waals surface area contributed by atoms with Gasteiger partial charge in [0, 0.05) is 0 Å². The van der Waals surface area contributed by atoms with Crippen molar-refractivity contribution >= 4 is 12.0 Å². The highest BCUT2D eigenvalue weighted by Gasteiger charge is 2.00. The highest BCUT2D eigenvalue weighted by molar-refractivity contribution is 5.91. The molecule has 1 aromatic rings. The third kappa shape index (κ3) is 3.81. The Labute approximate surface area is 89.6 Å². The van der Waals surface area contributed by atoms with Gasteiger partial charge in [-0.2, -0.15) is 0 Å². The number of carboxylic acids is 1. The second-order valence-corrected chi connectivity index (χ2v) is 3.12. The Balaban J connectivity index is 2.80. The summed E-state index contributed by atoms with van der Waals surface area (Å²) in [6.07, 6.45) is 5.85. The van der Waals surface area contributed by atoms with Crippen LogP contribution in [0.15, 0.2) is 48.1 Å². The van der Waals surface area contributed by atoms with Crippen LogP contribution in [0.1, 0.15) is 18.9 Å². The molecule has 0 heterocycles. The third-order valence-electron chi connectivity index (χ3n) is 1.93. The summed E-state index contributed by atoms with van der Waals surface area (Å²) in [6.45, 7) is 1.92. The average Bonchev–Trinajstić information content (AvgIpc) is 2.25. The van der Waals surface area contributed by atoms with Gasteiger partial charge in [-0.25, -0.2) is 4.79 Å². The molecule has 0 aliphatic heterocycles. The average molecular weight is 202 g/mol. The minimum absolute atomic E-state index is 0.335. The first-order valence-corrected chi connectivity index (χ1v) is 4.90. The third-order valence-corrected chi connectivity index (χ3v) is 1.93. The summed E-state index contributed by atoms with van der Waals surface area (Å²) in [5, 5.41) is 8.86. The monoisotopic (exact) mass is 202 g/mol. The zero-order valence-electron chi connectivity index (χ0n) is 8.68. The van der Waals surface area contributed by atoms with E-state index in [1.807, 2.05) is 37.3 Å². The highest BCUT2D eigenvalue weighted by Crippen LogP contribution is 2.06. The summed E-state index contributed by atoms with van der Waals surface area (Å²) in [5.41, 5.74) is 1.34. The van der Waals surface area contributed by atoms with E-state index in [-0.39, 0.29) is 0 Å². The van der Waals surface area contributed by atoms with Gasteiger partial charge in [-0.05, 0) is 18.1 Å². The van der Waals surface area contributed by atoms with Gasteiger partial charge in [0.25, 0.3) is 0 Å². The van der Waals surface area contributed by atoms with Crippen molar-refractivity contribution in [3.63, 3.8) is 0 Å². The molecule has 0 atom stereocenters. The normalized spacial score (nSPS) is 11.9. The van der Waals surface area contributed by atoms with E-state index in [1.54, 1.807) is 18.2 Å². The zero-order valence-corrected chi connectivity index (χ0v) is 8.68. The van der Waals surface area contributed by atoms with Crippen LogP contribution in [0.3, 0.4) is 0 Å². The van der Waals surface area contributed by atoms with Crippen molar-refractivity contribution in [1.82, 2.24) is 0 Å². The molecule has 0 fully saturated rings. The van der Waals surface area contributed by atoms with Crippen molar-refractivity contribution in [3.8, 4) is 0 Å². The number of allylic oxidation sites excluding steroid dienone is 1. The molecule has 0 aliphatic rings. The van der Waals surface area contributed by atoms with Gasteiger partial charge in [0.15, 0.2) is 0 Å². The standard InChI is InChI=1S/C13H14O2/c1-2-6-12(13(14)15)10-9-11-7-4-3-5-8-11/h3-10H,2H2,1H3,(H,14,15). The molecule has 0 radical (unpaired) electrons. The van der Waals surface area contributed by atoms with E-state index < -0.39 is 5.97 Å². The lowest BCUT2D eigenvalue weighted by Gasteiger charge is -1.94. The summed E-state index contributed by atoms with van der Waals surface area (Å²) in [6, 6.07) is 9.63. The Morgan fingerprint density at radius 2 is 2.00 bits per heavy atom. The molecule has 2 heteroatoms. The topological polar surface area (TPSA) is 37.3 Å². The molecular formula is C13H14O2. The minimum atomic E-state index is -0.885. The van der Waals surface area contributed by atoms with Gasteiger partial charge in [-0.1, -0.05) is 49.4 Å². The minimum Gasteiger partial charge on any atom is -0.478 e. The SMILES string of the molecule is CCC=C(C=Cc1ccccc1)C(=O)O. The fraction of sp³-hybridized carbons (Fsp3) is 0.154. The summed E-state index contributed by atoms with van der Waals surface area (Å²) in [5.74, 6) is -0.885. The van der Waals surface area contributed by atoms with Crippen molar-refractivity contribution in [1.29, 1.82) is 0 Å². The summed E-state index contributed by atoms with van der Waals surface area (Å²) in [7, 11) is 0. The Morgan fingerprint density at radius 1 is 1.33 bits per heavy atom. The maximum absolute atomic E-state index is 10.8. The second-order valence-electron chi connectivity index (χ2n) is 3.12. The number of hydrogen-bond donors (Lipinski definition) is 1. The number of benzene rings is 1. The Kier molecular flexibility index (Phi) is 4.35. The predicted molar refractivity (Wildman–Crippen MR) is 61.5 cm³/mol. The van der Waals surface area contributed by atoms with Gasteiger partial charge in [0.2, 0.25) is 0 Å². The molecule has 78 valence electrons. The molecular weight excluding hydrogens is 188 g/mol. The summed E-state index contributed by atoms with van der Waals surface area (Å²) < 4.78 is 0. The molecule has 1 rings (SSSR count). The van der Waals surface area contributed by atoms with Crippen LogP contribution < -0.4 is 0 Å². The van der Waals surface area contributed by atoms with Gasteiger partial charge in [0.05, 0.1) is 5.57 Å². The van der Waals surface area contributed by atoms with Gasteiger partial charge >= 0.3 is 5.97 Å². The van der Waals surface area contributed by atoms with Crippen LogP contribution in [0.5, 0.6) is 0 Å². The first kappa shape index (κ1) is 11.2. The Bertz CT molecular complexity index is 375. The molecule has 0 bridgehead atoms. The lowest BCUT2D eigenvalue weighted by Crippen LogP contribution is -1.96. The maximum Gasteiger partial charge on any atom is 0.335 e.